The Labute approximate surface area is 93.1 Å². The molecule has 0 bridgehead atoms. The first-order chi connectivity index (χ1) is 7.36. The van der Waals surface area contributed by atoms with Gasteiger partial charge >= 0.3 is 0 Å². The summed E-state index contributed by atoms with van der Waals surface area (Å²) in [6, 6.07) is 4.90. The normalized spacial score (nSPS) is 12.7. The maximum absolute atomic E-state index is 4.02. The quantitative estimate of drug-likeness (QED) is 0.742. The van der Waals surface area contributed by atoms with Gasteiger partial charge < -0.3 is 5.32 Å². The van der Waals surface area contributed by atoms with Gasteiger partial charge in [0.15, 0.2) is 0 Å². The molecule has 0 radical (unpaired) electrons. The maximum Gasteiger partial charge on any atom is 0.0270 e. The predicted molar refractivity (Wildman–Crippen MR) is 64.9 cm³/mol. The molecule has 0 fully saturated rings. The lowest BCUT2D eigenvalue weighted by molar-refractivity contribution is 0.467. The van der Waals surface area contributed by atoms with E-state index in [-0.39, 0.29) is 0 Å². The van der Waals surface area contributed by atoms with Crippen LogP contribution in [0.4, 0.5) is 0 Å². The fourth-order valence-electron chi connectivity index (χ4n) is 1.84. The highest BCUT2D eigenvalue weighted by molar-refractivity contribution is 5.09. The molecule has 84 valence electrons. The van der Waals surface area contributed by atoms with Crippen LogP contribution in [-0.4, -0.2) is 17.6 Å². The summed E-state index contributed by atoms with van der Waals surface area (Å²) >= 11 is 0. The number of hydrogen-bond acceptors (Lipinski definition) is 2. The van der Waals surface area contributed by atoms with E-state index in [1.165, 1.54) is 31.2 Å². The summed E-state index contributed by atoms with van der Waals surface area (Å²) in [6.07, 6.45) is 8.67. The van der Waals surface area contributed by atoms with E-state index in [0.29, 0.717) is 6.04 Å². The van der Waals surface area contributed by atoms with E-state index in [1.54, 1.807) is 0 Å². The predicted octanol–water partition coefficient (Wildman–Crippen LogP) is 2.79. The molecule has 1 atom stereocenters. The summed E-state index contributed by atoms with van der Waals surface area (Å²) in [5.41, 5.74) is 1.40. The number of hydrogen-bond donors (Lipinski definition) is 1. The molecule has 15 heavy (non-hydrogen) atoms. The van der Waals surface area contributed by atoms with Crippen molar-refractivity contribution in [3.63, 3.8) is 0 Å². The summed E-state index contributed by atoms with van der Waals surface area (Å²) < 4.78 is 0. The fraction of sp³-hybridized carbons (Fsp3) is 0.615. The molecule has 1 rings (SSSR count). The van der Waals surface area contributed by atoms with Crippen molar-refractivity contribution in [1.82, 2.24) is 10.3 Å². The van der Waals surface area contributed by atoms with Crippen molar-refractivity contribution in [3.8, 4) is 0 Å². The van der Waals surface area contributed by atoms with Crippen LogP contribution in [0.5, 0.6) is 0 Å². The van der Waals surface area contributed by atoms with E-state index in [1.807, 2.05) is 12.4 Å². The molecule has 1 heterocycles. The molecule has 0 aliphatic heterocycles. The molecule has 2 nitrogen and oxygen atoms in total. The second-order valence-corrected chi connectivity index (χ2v) is 3.91. The highest BCUT2D eigenvalue weighted by atomic mass is 14.9. The van der Waals surface area contributed by atoms with Crippen molar-refractivity contribution in [2.45, 2.75) is 45.6 Å². The van der Waals surface area contributed by atoms with Crippen molar-refractivity contribution in [3.05, 3.63) is 30.1 Å². The molecule has 1 aromatic heterocycles. The molecular formula is C13H22N2. The molecule has 0 amide bonds. The minimum Gasteiger partial charge on any atom is -0.314 e. The molecule has 0 aliphatic rings. The molecule has 0 saturated carbocycles. The van der Waals surface area contributed by atoms with Crippen LogP contribution < -0.4 is 5.32 Å². The molecule has 2 heteroatoms. The topological polar surface area (TPSA) is 24.9 Å². The van der Waals surface area contributed by atoms with Gasteiger partial charge in [-0.3, -0.25) is 4.98 Å². The van der Waals surface area contributed by atoms with Crippen molar-refractivity contribution in [2.24, 2.45) is 0 Å². The Kier molecular flexibility index (Phi) is 6.02. The van der Waals surface area contributed by atoms with Crippen LogP contribution in [0.15, 0.2) is 24.5 Å². The monoisotopic (exact) mass is 206 g/mol. The van der Waals surface area contributed by atoms with Gasteiger partial charge in [-0.1, -0.05) is 13.8 Å². The minimum absolute atomic E-state index is 0.692. The molecule has 1 N–H and O–H groups in total. The SMILES string of the molecule is CCNC(CC)CCCc1ccncc1. The molecule has 0 aliphatic carbocycles. The third-order valence-corrected chi connectivity index (χ3v) is 2.75. The second-order valence-electron chi connectivity index (χ2n) is 3.91. The van der Waals surface area contributed by atoms with E-state index >= 15 is 0 Å². The highest BCUT2D eigenvalue weighted by Crippen LogP contribution is 2.07. The summed E-state index contributed by atoms with van der Waals surface area (Å²) in [5.74, 6) is 0. The molecule has 1 aromatic rings. The number of rotatable bonds is 7. The maximum atomic E-state index is 4.02. The summed E-state index contributed by atoms with van der Waals surface area (Å²) in [7, 11) is 0. The number of pyridine rings is 1. The van der Waals surface area contributed by atoms with Gasteiger partial charge in [0.1, 0.15) is 0 Å². The fourth-order valence-corrected chi connectivity index (χ4v) is 1.84. The lowest BCUT2D eigenvalue weighted by Crippen LogP contribution is -2.27. The zero-order valence-electron chi connectivity index (χ0n) is 9.87. The van der Waals surface area contributed by atoms with Crippen LogP contribution in [-0.2, 0) is 6.42 Å². The van der Waals surface area contributed by atoms with Crippen LogP contribution in [0.3, 0.4) is 0 Å². The Morgan fingerprint density at radius 1 is 1.27 bits per heavy atom. The first kappa shape index (κ1) is 12.2. The lowest BCUT2D eigenvalue weighted by atomic mass is 10.0. The number of aromatic nitrogens is 1. The zero-order valence-corrected chi connectivity index (χ0v) is 9.87. The van der Waals surface area contributed by atoms with Gasteiger partial charge in [-0.05, 0) is 49.9 Å². The van der Waals surface area contributed by atoms with Crippen molar-refractivity contribution < 1.29 is 0 Å². The minimum atomic E-state index is 0.692. The van der Waals surface area contributed by atoms with E-state index in [9.17, 15) is 0 Å². The average molecular weight is 206 g/mol. The highest BCUT2D eigenvalue weighted by Gasteiger charge is 2.03. The van der Waals surface area contributed by atoms with Gasteiger partial charge in [0.05, 0.1) is 0 Å². The Morgan fingerprint density at radius 2 is 2.00 bits per heavy atom. The van der Waals surface area contributed by atoms with E-state index in [0.717, 1.165) is 6.54 Å². The van der Waals surface area contributed by atoms with Crippen molar-refractivity contribution in [2.75, 3.05) is 6.54 Å². The number of nitrogens with zero attached hydrogens (tertiary/aromatic N) is 1. The third kappa shape index (κ3) is 4.93. The van der Waals surface area contributed by atoms with Crippen molar-refractivity contribution >= 4 is 0 Å². The third-order valence-electron chi connectivity index (χ3n) is 2.75. The summed E-state index contributed by atoms with van der Waals surface area (Å²) in [5, 5.41) is 3.51. The lowest BCUT2D eigenvalue weighted by Gasteiger charge is -2.15. The summed E-state index contributed by atoms with van der Waals surface area (Å²) in [4.78, 5) is 4.02. The van der Waals surface area contributed by atoms with Crippen LogP contribution in [0.1, 0.15) is 38.7 Å². The Morgan fingerprint density at radius 3 is 2.60 bits per heavy atom. The van der Waals surface area contributed by atoms with Gasteiger partial charge in [-0.15, -0.1) is 0 Å². The molecular weight excluding hydrogens is 184 g/mol. The van der Waals surface area contributed by atoms with Crippen LogP contribution in [0, 0.1) is 0 Å². The van der Waals surface area contributed by atoms with Crippen LogP contribution in [0.25, 0.3) is 0 Å². The second kappa shape index (κ2) is 7.41. The van der Waals surface area contributed by atoms with Gasteiger partial charge in [-0.2, -0.15) is 0 Å². The van der Waals surface area contributed by atoms with E-state index in [2.05, 4.69) is 36.3 Å². The Balaban J connectivity index is 2.20. The smallest absolute Gasteiger partial charge is 0.0270 e. The van der Waals surface area contributed by atoms with Crippen LogP contribution in [0.2, 0.25) is 0 Å². The standard InChI is InChI=1S/C13H22N2/c1-3-13(15-4-2)7-5-6-12-8-10-14-11-9-12/h8-11,13,15H,3-7H2,1-2H3. The van der Waals surface area contributed by atoms with Crippen molar-refractivity contribution in [1.29, 1.82) is 0 Å². The number of aryl methyl sites for hydroxylation is 1. The van der Waals surface area contributed by atoms with E-state index < -0.39 is 0 Å². The first-order valence-corrected chi connectivity index (χ1v) is 5.99. The molecule has 0 aromatic carbocycles. The van der Waals surface area contributed by atoms with Crippen LogP contribution >= 0.6 is 0 Å². The largest absolute Gasteiger partial charge is 0.314 e. The first-order valence-electron chi connectivity index (χ1n) is 5.99. The number of nitrogens with one attached hydrogen (secondary N) is 1. The van der Waals surface area contributed by atoms with Gasteiger partial charge in [-0.25, -0.2) is 0 Å². The molecule has 0 spiro atoms. The van der Waals surface area contributed by atoms with Gasteiger partial charge in [0, 0.05) is 18.4 Å². The molecule has 1 unspecified atom stereocenters. The van der Waals surface area contributed by atoms with Gasteiger partial charge in [0.2, 0.25) is 0 Å². The average Bonchev–Trinajstić information content (AvgIpc) is 2.29. The van der Waals surface area contributed by atoms with Gasteiger partial charge in [0.25, 0.3) is 0 Å². The van der Waals surface area contributed by atoms with E-state index in [4.69, 9.17) is 0 Å². The Bertz CT molecular complexity index is 246. The molecule has 0 saturated heterocycles. The Hall–Kier alpha value is -0.890. The summed E-state index contributed by atoms with van der Waals surface area (Å²) in [6.45, 7) is 5.50. The zero-order chi connectivity index (χ0) is 10.9.